The van der Waals surface area contributed by atoms with Crippen LogP contribution in [-0.2, 0) is 26.1 Å². The molecule has 0 saturated heterocycles. The molecule has 0 spiro atoms. The first-order valence-corrected chi connectivity index (χ1v) is 15.4. The number of benzene rings is 5. The van der Waals surface area contributed by atoms with Crippen molar-refractivity contribution < 1.29 is 28.5 Å². The van der Waals surface area contributed by atoms with Gasteiger partial charge < -0.3 is 23.5 Å². The van der Waals surface area contributed by atoms with Crippen molar-refractivity contribution in [2.45, 2.75) is 38.6 Å². The van der Waals surface area contributed by atoms with Gasteiger partial charge in [0.05, 0.1) is 29.1 Å². The van der Waals surface area contributed by atoms with Gasteiger partial charge in [-0.15, -0.1) is 0 Å². The molecular weight excluding hydrogens is 594 g/mol. The Bertz CT molecular complexity index is 2350. The fourth-order valence-electron chi connectivity index (χ4n) is 6.75. The lowest BCUT2D eigenvalue weighted by molar-refractivity contribution is -0.185. The van der Waals surface area contributed by atoms with Gasteiger partial charge in [-0.1, -0.05) is 66.7 Å². The summed E-state index contributed by atoms with van der Waals surface area (Å²) in [5.41, 5.74) is 1.03. The van der Waals surface area contributed by atoms with Gasteiger partial charge in [0, 0.05) is 31.5 Å². The van der Waals surface area contributed by atoms with Crippen LogP contribution in [0.4, 0.5) is 0 Å². The zero-order valence-corrected chi connectivity index (χ0v) is 26.7. The summed E-state index contributed by atoms with van der Waals surface area (Å²) in [5.74, 6) is -0.532. The summed E-state index contributed by atoms with van der Waals surface area (Å²) >= 11 is 0. The number of aryl methyl sites for hydroxylation is 1. The Morgan fingerprint density at radius 1 is 0.872 bits per heavy atom. The lowest BCUT2D eigenvalue weighted by atomic mass is 9.86. The quantitative estimate of drug-likeness (QED) is 0.112. The van der Waals surface area contributed by atoms with Crippen LogP contribution in [0.3, 0.4) is 0 Å². The number of carbonyl (C=O) groups is 2. The molecule has 8 nitrogen and oxygen atoms in total. The number of nitrogens with zero attached hydrogens (tertiary/aromatic N) is 1. The number of ether oxygens (including phenoxy) is 4. The number of rotatable bonds is 5. The maximum absolute atomic E-state index is 14.2. The molecule has 47 heavy (non-hydrogen) atoms. The van der Waals surface area contributed by atoms with E-state index < -0.39 is 29.7 Å². The number of pyridine rings is 1. The van der Waals surface area contributed by atoms with E-state index in [1.54, 1.807) is 26.0 Å². The van der Waals surface area contributed by atoms with Gasteiger partial charge in [-0.25, -0.2) is 4.79 Å². The Morgan fingerprint density at radius 2 is 1.55 bits per heavy atom. The summed E-state index contributed by atoms with van der Waals surface area (Å²) in [6.45, 7) is 4.83. The van der Waals surface area contributed by atoms with E-state index >= 15 is 0 Å². The third-order valence-corrected chi connectivity index (χ3v) is 8.89. The van der Waals surface area contributed by atoms with Crippen LogP contribution in [-0.4, -0.2) is 35.3 Å². The molecule has 1 aliphatic rings. The first-order chi connectivity index (χ1) is 22.6. The van der Waals surface area contributed by atoms with Crippen molar-refractivity contribution in [1.82, 2.24) is 4.57 Å². The minimum atomic E-state index is -1.14. The highest BCUT2D eigenvalue weighted by Crippen LogP contribution is 2.49. The van der Waals surface area contributed by atoms with Crippen LogP contribution in [0.25, 0.3) is 49.4 Å². The van der Waals surface area contributed by atoms with Crippen molar-refractivity contribution in [3.63, 3.8) is 0 Å². The van der Waals surface area contributed by atoms with Crippen LogP contribution < -0.4 is 14.9 Å². The third kappa shape index (κ3) is 5.06. The first-order valence-electron chi connectivity index (χ1n) is 15.4. The van der Waals surface area contributed by atoms with Crippen molar-refractivity contribution in [2.24, 2.45) is 7.05 Å². The van der Waals surface area contributed by atoms with E-state index in [1.165, 1.54) is 20.1 Å². The van der Waals surface area contributed by atoms with Crippen molar-refractivity contribution >= 4 is 61.4 Å². The minimum absolute atomic E-state index is 0.239. The third-order valence-electron chi connectivity index (χ3n) is 8.89. The molecule has 7 rings (SSSR count). The lowest BCUT2D eigenvalue weighted by Gasteiger charge is -2.43. The Balaban J connectivity index is 1.40. The number of carbonyl (C=O) groups excluding carboxylic acids is 2. The Hall–Kier alpha value is -5.63. The van der Waals surface area contributed by atoms with Gasteiger partial charge in [0.25, 0.3) is 0 Å². The van der Waals surface area contributed by atoms with Crippen molar-refractivity contribution in [3.8, 4) is 11.5 Å². The molecule has 8 heteroatoms. The summed E-state index contributed by atoms with van der Waals surface area (Å²) in [5, 5.41) is 4.75. The van der Waals surface area contributed by atoms with Crippen molar-refractivity contribution in [1.29, 1.82) is 0 Å². The van der Waals surface area contributed by atoms with Crippen molar-refractivity contribution in [2.75, 3.05) is 7.11 Å². The van der Waals surface area contributed by atoms with E-state index in [4.69, 9.17) is 18.9 Å². The van der Waals surface area contributed by atoms with Crippen LogP contribution >= 0.6 is 0 Å². The van der Waals surface area contributed by atoms with Gasteiger partial charge in [-0.3, -0.25) is 9.59 Å². The zero-order chi connectivity index (χ0) is 33.0. The van der Waals surface area contributed by atoms with Crippen molar-refractivity contribution in [3.05, 3.63) is 112 Å². The molecular formula is C39H33NO7. The monoisotopic (exact) mass is 627 g/mol. The molecule has 236 valence electrons. The van der Waals surface area contributed by atoms with E-state index in [2.05, 4.69) is 0 Å². The summed E-state index contributed by atoms with van der Waals surface area (Å²) in [4.78, 5) is 40.4. The summed E-state index contributed by atoms with van der Waals surface area (Å²) < 4.78 is 26.2. The normalized spacial score (nSPS) is 17.1. The number of aromatic nitrogens is 1. The smallest absolute Gasteiger partial charge is 0.331 e. The van der Waals surface area contributed by atoms with E-state index in [0.717, 1.165) is 27.1 Å². The van der Waals surface area contributed by atoms with Crippen LogP contribution in [0.2, 0.25) is 0 Å². The Labute approximate surface area is 270 Å². The molecule has 0 N–H and O–H groups in total. The van der Waals surface area contributed by atoms with E-state index in [9.17, 15) is 14.4 Å². The van der Waals surface area contributed by atoms with E-state index in [0.29, 0.717) is 38.9 Å². The molecule has 2 heterocycles. The number of esters is 2. The summed E-state index contributed by atoms with van der Waals surface area (Å²) in [7, 11) is 3.34. The average molecular weight is 628 g/mol. The van der Waals surface area contributed by atoms with Crippen LogP contribution in [0, 0.1) is 0 Å². The highest BCUT2D eigenvalue weighted by atomic mass is 16.6. The zero-order valence-electron chi connectivity index (χ0n) is 26.7. The van der Waals surface area contributed by atoms with Gasteiger partial charge >= 0.3 is 11.9 Å². The summed E-state index contributed by atoms with van der Waals surface area (Å²) in [6.07, 6.45) is 0.899. The minimum Gasteiger partial charge on any atom is -0.496 e. The molecule has 0 unspecified atom stereocenters. The highest BCUT2D eigenvalue weighted by Gasteiger charge is 2.50. The second-order valence-electron chi connectivity index (χ2n) is 12.3. The fraction of sp³-hybridized carbons (Fsp3) is 0.205. The second-order valence-corrected chi connectivity index (χ2v) is 12.3. The number of methoxy groups -OCH3 is 1. The molecule has 0 amide bonds. The van der Waals surface area contributed by atoms with Gasteiger partial charge in [-0.05, 0) is 59.2 Å². The predicted octanol–water partition coefficient (Wildman–Crippen LogP) is 7.41. The number of hydrogen-bond donors (Lipinski definition) is 0. The highest BCUT2D eigenvalue weighted by molar-refractivity contribution is 6.04. The van der Waals surface area contributed by atoms with Crippen LogP contribution in [0.1, 0.15) is 38.0 Å². The van der Waals surface area contributed by atoms with Gasteiger partial charge in [0.1, 0.15) is 17.1 Å². The van der Waals surface area contributed by atoms with Gasteiger partial charge in [-0.2, -0.15) is 0 Å². The maximum atomic E-state index is 14.2. The van der Waals surface area contributed by atoms with Crippen LogP contribution in [0.15, 0.2) is 95.8 Å². The number of hydrogen-bond acceptors (Lipinski definition) is 7. The molecule has 2 atom stereocenters. The van der Waals surface area contributed by atoms with Gasteiger partial charge in [0.2, 0.25) is 5.43 Å². The summed E-state index contributed by atoms with van der Waals surface area (Å²) in [6, 6.07) is 27.0. The molecule has 0 saturated carbocycles. The fourth-order valence-corrected chi connectivity index (χ4v) is 6.75. The molecule has 1 aliphatic heterocycles. The first kappa shape index (κ1) is 30.0. The topological polar surface area (TPSA) is 93.1 Å². The largest absolute Gasteiger partial charge is 0.496 e. The molecule has 6 aromatic rings. The Kier molecular flexibility index (Phi) is 7.23. The Morgan fingerprint density at radius 3 is 2.28 bits per heavy atom. The SMILES string of the molecule is COc1cc2c(c3c1c(=O)c1cc4ccccc4cc1n3C)[C@@H](OC(C)=O)[C@@H](OC(=O)C=Cc1cccc3ccccc13)C(C)(C)O2. The van der Waals surface area contributed by atoms with E-state index in [1.807, 2.05) is 90.5 Å². The molecule has 0 bridgehead atoms. The average Bonchev–Trinajstić information content (AvgIpc) is 3.05. The van der Waals surface area contributed by atoms with Crippen LogP contribution in [0.5, 0.6) is 11.5 Å². The predicted molar refractivity (Wildman–Crippen MR) is 183 cm³/mol. The molecule has 0 aliphatic carbocycles. The molecule has 1 aromatic heterocycles. The molecule has 5 aromatic carbocycles. The molecule has 0 radical (unpaired) electrons. The lowest BCUT2D eigenvalue weighted by Crippen LogP contribution is -2.52. The van der Waals surface area contributed by atoms with E-state index in [-0.39, 0.29) is 5.43 Å². The standard InChI is InChI=1S/C39H33NO7/c1-22(41)45-37-34-31(47-39(2,3)38(37)46-32(42)18-17-24-15-10-14-23-11-8-9-16-27(23)24)21-30(44-5)33-35(34)40(4)29-20-26-13-7-6-12-25(26)19-28(29)36(33)43/h6-21,37-38H,1-5H3/t37-,38-/m1/s1. The maximum Gasteiger partial charge on any atom is 0.331 e. The second kappa shape index (κ2) is 11.3. The number of fused-ring (bicyclic) bond motifs is 6. The van der Waals surface area contributed by atoms with Gasteiger partial charge in [0.15, 0.2) is 12.2 Å². The molecule has 0 fully saturated rings.